The van der Waals surface area contributed by atoms with Crippen molar-refractivity contribution in [3.05, 3.63) is 45.4 Å². The maximum Gasteiger partial charge on any atom is 0.264 e. The lowest BCUT2D eigenvalue weighted by Gasteiger charge is -2.07. The minimum Gasteiger partial charge on any atom is -0.508 e. The molecule has 86 valence electrons. The van der Waals surface area contributed by atoms with E-state index in [0.29, 0.717) is 0 Å². The fourth-order valence-corrected chi connectivity index (χ4v) is 1.37. The number of phenols is 1. The van der Waals surface area contributed by atoms with Crippen LogP contribution >= 0.6 is 11.8 Å². The standard InChI is InChI=1S/C9H9FN2O3S/c1-16-9(5-12(14)15)11-8-3-2-6(13)4-7(8)10/h2-5,11,13H,1H3/b9-5+. The highest BCUT2D eigenvalue weighted by atomic mass is 32.2. The van der Waals surface area contributed by atoms with Crippen molar-refractivity contribution in [3.63, 3.8) is 0 Å². The van der Waals surface area contributed by atoms with Crippen LogP contribution in [-0.2, 0) is 0 Å². The highest BCUT2D eigenvalue weighted by Crippen LogP contribution is 2.23. The average molecular weight is 244 g/mol. The number of thioether (sulfide) groups is 1. The van der Waals surface area contributed by atoms with Crippen LogP contribution in [0.3, 0.4) is 0 Å². The van der Waals surface area contributed by atoms with E-state index in [-0.39, 0.29) is 16.5 Å². The van der Waals surface area contributed by atoms with E-state index in [1.807, 2.05) is 0 Å². The van der Waals surface area contributed by atoms with Crippen molar-refractivity contribution < 1.29 is 14.4 Å². The SMILES string of the molecule is CS/C(=C/[N+](=O)[O-])Nc1ccc(O)cc1F. The van der Waals surface area contributed by atoms with Crippen molar-refractivity contribution in [3.8, 4) is 5.75 Å². The molecule has 5 nitrogen and oxygen atoms in total. The number of nitrogens with one attached hydrogen (secondary N) is 1. The van der Waals surface area contributed by atoms with Gasteiger partial charge in [-0.15, -0.1) is 11.8 Å². The van der Waals surface area contributed by atoms with Gasteiger partial charge in [0.15, 0.2) is 0 Å². The Kier molecular flexibility index (Phi) is 4.12. The summed E-state index contributed by atoms with van der Waals surface area (Å²) in [6, 6.07) is 3.51. The average Bonchev–Trinajstić information content (AvgIpc) is 2.20. The first-order valence-corrected chi connectivity index (χ1v) is 5.40. The number of phenolic OH excluding ortho intramolecular Hbond substituents is 1. The van der Waals surface area contributed by atoms with Crippen molar-refractivity contribution >= 4 is 17.4 Å². The Morgan fingerprint density at radius 3 is 2.88 bits per heavy atom. The Morgan fingerprint density at radius 2 is 2.38 bits per heavy atom. The van der Waals surface area contributed by atoms with Crippen LogP contribution in [0.1, 0.15) is 0 Å². The second-order valence-electron chi connectivity index (χ2n) is 2.77. The maximum absolute atomic E-state index is 13.3. The first kappa shape index (κ1) is 12.3. The minimum atomic E-state index is -0.678. The second kappa shape index (κ2) is 5.36. The van der Waals surface area contributed by atoms with Gasteiger partial charge in [-0.2, -0.15) is 0 Å². The molecule has 0 saturated heterocycles. The summed E-state index contributed by atoms with van der Waals surface area (Å²) in [5, 5.41) is 22.0. The number of nitrogens with zero attached hydrogens (tertiary/aromatic N) is 1. The molecule has 0 spiro atoms. The summed E-state index contributed by atoms with van der Waals surface area (Å²) in [6.07, 6.45) is 2.37. The highest BCUT2D eigenvalue weighted by Gasteiger charge is 2.07. The molecule has 0 amide bonds. The van der Waals surface area contributed by atoms with Gasteiger partial charge in [0.25, 0.3) is 6.20 Å². The van der Waals surface area contributed by atoms with E-state index in [1.165, 1.54) is 12.1 Å². The van der Waals surface area contributed by atoms with Gasteiger partial charge in [0.1, 0.15) is 16.6 Å². The molecule has 16 heavy (non-hydrogen) atoms. The number of hydrogen-bond donors (Lipinski definition) is 2. The third-order valence-electron chi connectivity index (χ3n) is 1.65. The number of nitro groups is 1. The van der Waals surface area contributed by atoms with E-state index >= 15 is 0 Å². The van der Waals surface area contributed by atoms with Crippen LogP contribution in [0.4, 0.5) is 10.1 Å². The lowest BCUT2D eigenvalue weighted by Crippen LogP contribution is -2.00. The van der Waals surface area contributed by atoms with Gasteiger partial charge < -0.3 is 10.4 Å². The number of benzene rings is 1. The van der Waals surface area contributed by atoms with Gasteiger partial charge in [-0.1, -0.05) is 0 Å². The normalized spacial score (nSPS) is 11.2. The van der Waals surface area contributed by atoms with E-state index in [4.69, 9.17) is 5.11 Å². The highest BCUT2D eigenvalue weighted by molar-refractivity contribution is 8.02. The molecular weight excluding hydrogens is 235 g/mol. The van der Waals surface area contributed by atoms with Crippen molar-refractivity contribution in [1.29, 1.82) is 0 Å². The topological polar surface area (TPSA) is 75.4 Å². The maximum atomic E-state index is 13.3. The van der Waals surface area contributed by atoms with E-state index in [1.54, 1.807) is 6.26 Å². The Hall–Kier alpha value is -1.76. The smallest absolute Gasteiger partial charge is 0.264 e. The molecule has 0 aliphatic rings. The van der Waals surface area contributed by atoms with Gasteiger partial charge in [-0.05, 0) is 18.4 Å². The second-order valence-corrected chi connectivity index (χ2v) is 3.62. The summed E-state index contributed by atoms with van der Waals surface area (Å²) in [7, 11) is 0. The molecule has 1 aromatic rings. The number of halogens is 1. The largest absolute Gasteiger partial charge is 0.508 e. The van der Waals surface area contributed by atoms with Crippen LogP contribution < -0.4 is 5.32 Å². The molecule has 0 aliphatic heterocycles. The fraction of sp³-hybridized carbons (Fsp3) is 0.111. The quantitative estimate of drug-likeness (QED) is 0.483. The zero-order chi connectivity index (χ0) is 12.1. The van der Waals surface area contributed by atoms with Gasteiger partial charge in [-0.25, -0.2) is 4.39 Å². The molecule has 0 bridgehead atoms. The third kappa shape index (κ3) is 3.43. The number of anilines is 1. The summed E-state index contributed by atoms with van der Waals surface area (Å²) in [6.45, 7) is 0. The summed E-state index contributed by atoms with van der Waals surface area (Å²) >= 11 is 1.09. The molecule has 0 aromatic heterocycles. The van der Waals surface area contributed by atoms with E-state index < -0.39 is 10.7 Å². The molecule has 0 saturated carbocycles. The van der Waals surface area contributed by atoms with E-state index in [9.17, 15) is 14.5 Å². The summed E-state index contributed by atoms with van der Waals surface area (Å²) in [4.78, 5) is 9.61. The first-order chi connectivity index (χ1) is 7.52. The summed E-state index contributed by atoms with van der Waals surface area (Å²) < 4.78 is 13.3. The molecule has 2 N–H and O–H groups in total. The number of aromatic hydroxyl groups is 1. The van der Waals surface area contributed by atoms with Crippen LogP contribution in [0.15, 0.2) is 29.4 Å². The predicted molar refractivity (Wildman–Crippen MR) is 60.3 cm³/mol. The van der Waals surface area contributed by atoms with Crippen molar-refractivity contribution in [1.82, 2.24) is 0 Å². The molecular formula is C9H9FN2O3S. The summed E-state index contributed by atoms with van der Waals surface area (Å²) in [5.74, 6) is -0.879. The van der Waals surface area contributed by atoms with Gasteiger partial charge in [0, 0.05) is 6.07 Å². The van der Waals surface area contributed by atoms with Gasteiger partial charge in [0.2, 0.25) is 0 Å². The van der Waals surface area contributed by atoms with Gasteiger partial charge in [0.05, 0.1) is 10.6 Å². The molecule has 0 heterocycles. The van der Waals surface area contributed by atoms with E-state index in [2.05, 4.69) is 5.32 Å². The molecule has 0 fully saturated rings. The molecule has 1 aromatic carbocycles. The zero-order valence-corrected chi connectivity index (χ0v) is 9.12. The molecule has 1 rings (SSSR count). The van der Waals surface area contributed by atoms with E-state index in [0.717, 1.165) is 24.0 Å². The molecule has 0 aliphatic carbocycles. The van der Waals surface area contributed by atoms with Crippen LogP contribution in [0.5, 0.6) is 5.75 Å². The molecule has 0 atom stereocenters. The lowest BCUT2D eigenvalue weighted by atomic mass is 10.3. The van der Waals surface area contributed by atoms with Crippen molar-refractivity contribution in [2.45, 2.75) is 0 Å². The fourth-order valence-electron chi connectivity index (χ4n) is 0.970. The van der Waals surface area contributed by atoms with Crippen LogP contribution in [0.25, 0.3) is 0 Å². The minimum absolute atomic E-state index is 0.0697. The predicted octanol–water partition coefficient (Wildman–Crippen LogP) is 2.38. The Bertz CT molecular complexity index is 437. The van der Waals surface area contributed by atoms with Crippen LogP contribution in [0, 0.1) is 15.9 Å². The number of hydrogen-bond acceptors (Lipinski definition) is 5. The first-order valence-electron chi connectivity index (χ1n) is 4.18. The zero-order valence-electron chi connectivity index (χ0n) is 8.31. The molecule has 0 radical (unpaired) electrons. The molecule has 0 unspecified atom stereocenters. The van der Waals surface area contributed by atoms with Gasteiger partial charge in [-0.3, -0.25) is 10.1 Å². The van der Waals surface area contributed by atoms with Crippen molar-refractivity contribution in [2.24, 2.45) is 0 Å². The molecule has 7 heteroatoms. The lowest BCUT2D eigenvalue weighted by molar-refractivity contribution is -0.402. The van der Waals surface area contributed by atoms with Gasteiger partial charge >= 0.3 is 0 Å². The Balaban J connectivity index is 2.90. The van der Waals surface area contributed by atoms with Crippen LogP contribution in [-0.4, -0.2) is 16.3 Å². The Morgan fingerprint density at radius 1 is 1.69 bits per heavy atom. The monoisotopic (exact) mass is 244 g/mol. The number of rotatable bonds is 4. The summed E-state index contributed by atoms with van der Waals surface area (Å²) in [5.41, 5.74) is 0.0697. The Labute approximate surface area is 95.1 Å². The van der Waals surface area contributed by atoms with Crippen LogP contribution in [0.2, 0.25) is 0 Å². The van der Waals surface area contributed by atoms with Crippen molar-refractivity contribution in [2.75, 3.05) is 11.6 Å². The third-order valence-corrected chi connectivity index (χ3v) is 2.30.